The van der Waals surface area contributed by atoms with Crippen molar-refractivity contribution in [2.24, 2.45) is 7.05 Å². The number of hydrogen-bond acceptors (Lipinski definition) is 2. The van der Waals surface area contributed by atoms with Crippen molar-refractivity contribution in [2.75, 3.05) is 0 Å². The highest BCUT2D eigenvalue weighted by molar-refractivity contribution is 5.32. The molecule has 0 saturated heterocycles. The summed E-state index contributed by atoms with van der Waals surface area (Å²) in [6.07, 6.45) is 1.90. The second kappa shape index (κ2) is 4.25. The fourth-order valence-corrected chi connectivity index (χ4v) is 1.65. The minimum absolute atomic E-state index is 0.0527. The van der Waals surface area contributed by atoms with Gasteiger partial charge in [-0.2, -0.15) is 5.10 Å². The molecule has 1 aromatic heterocycles. The number of aryl methyl sites for hydroxylation is 2. The second-order valence-corrected chi connectivity index (χ2v) is 3.97. The molecule has 2 rings (SSSR count). The van der Waals surface area contributed by atoms with Crippen molar-refractivity contribution >= 4 is 0 Å². The lowest BCUT2D eigenvalue weighted by molar-refractivity contribution is 0.214. The van der Waals surface area contributed by atoms with Crippen LogP contribution in [-0.2, 0) is 7.05 Å². The fraction of sp³-hybridized carbons (Fsp3) is 0.250. The number of hydrogen-bond donors (Lipinski definition) is 1. The van der Waals surface area contributed by atoms with Crippen LogP contribution in [0.25, 0.3) is 0 Å². The van der Waals surface area contributed by atoms with Crippen molar-refractivity contribution in [3.8, 4) is 0 Å². The molecule has 1 heterocycles. The predicted molar refractivity (Wildman–Crippen MR) is 58.4 cm³/mol. The fourth-order valence-electron chi connectivity index (χ4n) is 1.65. The largest absolute Gasteiger partial charge is 0.383 e. The molecule has 17 heavy (non-hydrogen) atoms. The molecular weight excluding hydrogens is 226 g/mol. The average Bonchev–Trinajstić information content (AvgIpc) is 2.69. The summed E-state index contributed by atoms with van der Waals surface area (Å²) in [5.41, 5.74) is 0.818. The van der Waals surface area contributed by atoms with Gasteiger partial charge >= 0.3 is 0 Å². The monoisotopic (exact) mass is 238 g/mol. The highest BCUT2D eigenvalue weighted by Crippen LogP contribution is 2.25. The molecule has 5 heteroatoms. The number of aliphatic hydroxyl groups excluding tert-OH is 1. The Bertz CT molecular complexity index is 551. The lowest BCUT2D eigenvalue weighted by Gasteiger charge is -2.11. The first-order chi connectivity index (χ1) is 7.99. The Balaban J connectivity index is 2.43. The van der Waals surface area contributed by atoms with Crippen molar-refractivity contribution in [3.05, 3.63) is 52.9 Å². The van der Waals surface area contributed by atoms with Crippen LogP contribution >= 0.6 is 0 Å². The Hall–Kier alpha value is -1.75. The molecule has 0 bridgehead atoms. The molecule has 1 atom stereocenters. The number of benzene rings is 1. The SMILES string of the molecule is Cc1cc(C(O)c2cnn(C)c2)c(F)cc1F. The maximum absolute atomic E-state index is 13.5. The van der Waals surface area contributed by atoms with E-state index in [0.717, 1.165) is 6.07 Å². The highest BCUT2D eigenvalue weighted by Gasteiger charge is 2.18. The van der Waals surface area contributed by atoms with E-state index in [1.54, 1.807) is 13.2 Å². The third kappa shape index (κ3) is 2.19. The van der Waals surface area contributed by atoms with Crippen LogP contribution in [0.1, 0.15) is 22.8 Å². The van der Waals surface area contributed by atoms with Crippen molar-refractivity contribution in [2.45, 2.75) is 13.0 Å². The molecule has 2 aromatic rings. The predicted octanol–water partition coefficient (Wildman–Crippen LogP) is 2.09. The molecule has 0 aliphatic heterocycles. The van der Waals surface area contributed by atoms with E-state index in [2.05, 4.69) is 5.10 Å². The molecule has 1 unspecified atom stereocenters. The molecule has 1 N–H and O–H groups in total. The van der Waals surface area contributed by atoms with E-state index < -0.39 is 17.7 Å². The first-order valence-corrected chi connectivity index (χ1v) is 5.11. The zero-order valence-corrected chi connectivity index (χ0v) is 9.48. The molecule has 0 aliphatic rings. The molecule has 1 aromatic carbocycles. The maximum Gasteiger partial charge on any atom is 0.132 e. The third-order valence-electron chi connectivity index (χ3n) is 2.61. The van der Waals surface area contributed by atoms with E-state index in [0.29, 0.717) is 11.1 Å². The maximum atomic E-state index is 13.5. The minimum Gasteiger partial charge on any atom is -0.383 e. The van der Waals surface area contributed by atoms with Crippen LogP contribution in [0.5, 0.6) is 0 Å². The number of halogens is 2. The summed E-state index contributed by atoms with van der Waals surface area (Å²) in [4.78, 5) is 0. The zero-order valence-electron chi connectivity index (χ0n) is 9.48. The summed E-state index contributed by atoms with van der Waals surface area (Å²) in [5.74, 6) is -1.38. The van der Waals surface area contributed by atoms with Gasteiger partial charge in [-0.1, -0.05) is 0 Å². The van der Waals surface area contributed by atoms with E-state index in [1.807, 2.05) is 0 Å². The molecule has 0 aliphatic carbocycles. The number of nitrogens with zero attached hydrogens (tertiary/aromatic N) is 2. The van der Waals surface area contributed by atoms with Crippen LogP contribution in [0.2, 0.25) is 0 Å². The van der Waals surface area contributed by atoms with Gasteiger partial charge < -0.3 is 5.11 Å². The summed E-state index contributed by atoms with van der Waals surface area (Å²) in [5, 5.41) is 13.9. The number of aromatic nitrogens is 2. The van der Waals surface area contributed by atoms with Crippen LogP contribution in [0, 0.1) is 18.6 Å². The summed E-state index contributed by atoms with van der Waals surface area (Å²) in [6.45, 7) is 1.52. The Morgan fingerprint density at radius 3 is 2.59 bits per heavy atom. The van der Waals surface area contributed by atoms with Crippen LogP contribution in [0.4, 0.5) is 8.78 Å². The molecule has 90 valence electrons. The highest BCUT2D eigenvalue weighted by atomic mass is 19.1. The minimum atomic E-state index is -1.14. The average molecular weight is 238 g/mol. The zero-order chi connectivity index (χ0) is 12.6. The van der Waals surface area contributed by atoms with Gasteiger partial charge in [-0.05, 0) is 18.6 Å². The Labute approximate surface area is 97.3 Å². The van der Waals surface area contributed by atoms with Gasteiger partial charge in [0.05, 0.1) is 6.20 Å². The van der Waals surface area contributed by atoms with Crippen molar-refractivity contribution in [1.82, 2.24) is 9.78 Å². The molecule has 3 nitrogen and oxygen atoms in total. The van der Waals surface area contributed by atoms with E-state index in [-0.39, 0.29) is 5.56 Å². The second-order valence-electron chi connectivity index (χ2n) is 3.97. The topological polar surface area (TPSA) is 38.1 Å². The lowest BCUT2D eigenvalue weighted by Crippen LogP contribution is -2.03. The molecule has 0 spiro atoms. The van der Waals surface area contributed by atoms with Gasteiger partial charge in [0, 0.05) is 30.4 Å². The van der Waals surface area contributed by atoms with Gasteiger partial charge in [0.1, 0.15) is 17.7 Å². The quantitative estimate of drug-likeness (QED) is 0.870. The van der Waals surface area contributed by atoms with Crippen molar-refractivity contribution in [1.29, 1.82) is 0 Å². The molecule has 0 saturated carbocycles. The lowest BCUT2D eigenvalue weighted by atomic mass is 10.0. The van der Waals surface area contributed by atoms with Gasteiger partial charge in [0.2, 0.25) is 0 Å². The molecule has 0 amide bonds. The van der Waals surface area contributed by atoms with Gasteiger partial charge in [-0.3, -0.25) is 4.68 Å². The summed E-state index contributed by atoms with van der Waals surface area (Å²) in [7, 11) is 1.70. The number of rotatable bonds is 2. The van der Waals surface area contributed by atoms with Crippen molar-refractivity contribution < 1.29 is 13.9 Å². The standard InChI is InChI=1S/C12H12F2N2O/c1-7-3-9(11(14)4-10(7)13)12(17)8-5-15-16(2)6-8/h3-6,12,17H,1-2H3. The van der Waals surface area contributed by atoms with Gasteiger partial charge in [-0.15, -0.1) is 0 Å². The summed E-state index contributed by atoms with van der Waals surface area (Å²) in [6, 6.07) is 2.09. The van der Waals surface area contributed by atoms with Crippen molar-refractivity contribution in [3.63, 3.8) is 0 Å². The number of aliphatic hydroxyl groups is 1. The Morgan fingerprint density at radius 2 is 2.00 bits per heavy atom. The van der Waals surface area contributed by atoms with Gasteiger partial charge in [0.25, 0.3) is 0 Å². The van der Waals surface area contributed by atoms with E-state index >= 15 is 0 Å². The van der Waals surface area contributed by atoms with E-state index in [1.165, 1.54) is 23.9 Å². The van der Waals surface area contributed by atoms with Crippen LogP contribution in [0.15, 0.2) is 24.5 Å². The Morgan fingerprint density at radius 1 is 1.29 bits per heavy atom. The molecule has 0 fully saturated rings. The van der Waals surface area contributed by atoms with E-state index in [4.69, 9.17) is 0 Å². The first kappa shape index (κ1) is 11.7. The first-order valence-electron chi connectivity index (χ1n) is 5.11. The van der Waals surface area contributed by atoms with Crippen LogP contribution in [0.3, 0.4) is 0 Å². The Kier molecular flexibility index (Phi) is 2.93. The third-order valence-corrected chi connectivity index (χ3v) is 2.61. The smallest absolute Gasteiger partial charge is 0.132 e. The van der Waals surface area contributed by atoms with Gasteiger partial charge in [0.15, 0.2) is 0 Å². The summed E-state index contributed by atoms with van der Waals surface area (Å²) >= 11 is 0. The van der Waals surface area contributed by atoms with Crippen LogP contribution in [-0.4, -0.2) is 14.9 Å². The summed E-state index contributed by atoms with van der Waals surface area (Å²) < 4.78 is 28.1. The molecular formula is C12H12F2N2O. The van der Waals surface area contributed by atoms with Gasteiger partial charge in [-0.25, -0.2) is 8.78 Å². The van der Waals surface area contributed by atoms with E-state index in [9.17, 15) is 13.9 Å². The normalized spacial score (nSPS) is 12.8. The van der Waals surface area contributed by atoms with Crippen LogP contribution < -0.4 is 0 Å². The molecule has 0 radical (unpaired) electrons.